The van der Waals surface area contributed by atoms with Crippen molar-refractivity contribution in [1.82, 2.24) is 0 Å². The molecule has 0 aliphatic rings. The standard InChI is InChI=1S/C22H15ClF4N2O2S/c1-32-15-7-8-18(23)16(11-15)21(31)29-19-9-6-14(10-17(19)22(25,26)27)28-20(30)12-2-4-13(24)5-3-12/h2-11H,1H3,(H,28,30)(H,29,31). The molecule has 2 amide bonds. The molecule has 0 bridgehead atoms. The van der Waals surface area contributed by atoms with Gasteiger partial charge in [-0.1, -0.05) is 11.6 Å². The number of nitrogens with one attached hydrogen (secondary N) is 2. The fraction of sp³-hybridized carbons (Fsp3) is 0.0909. The molecule has 2 N–H and O–H groups in total. The van der Waals surface area contributed by atoms with Crippen LogP contribution in [0.5, 0.6) is 0 Å². The maximum Gasteiger partial charge on any atom is 0.418 e. The van der Waals surface area contributed by atoms with Gasteiger partial charge < -0.3 is 10.6 Å². The van der Waals surface area contributed by atoms with Crippen LogP contribution in [0.25, 0.3) is 0 Å². The second-order valence-electron chi connectivity index (χ2n) is 6.52. The number of carbonyl (C=O) groups is 2. The predicted octanol–water partition coefficient (Wildman–Crippen LogP) is 6.72. The Labute approximate surface area is 190 Å². The summed E-state index contributed by atoms with van der Waals surface area (Å²) in [7, 11) is 0. The Morgan fingerprint density at radius 1 is 0.906 bits per heavy atom. The lowest BCUT2D eigenvalue weighted by Crippen LogP contribution is -2.18. The summed E-state index contributed by atoms with van der Waals surface area (Å²) >= 11 is 7.38. The largest absolute Gasteiger partial charge is 0.418 e. The van der Waals surface area contributed by atoms with Gasteiger partial charge in [0, 0.05) is 16.1 Å². The first-order valence-corrected chi connectivity index (χ1v) is 10.6. The van der Waals surface area contributed by atoms with Crippen LogP contribution in [0.3, 0.4) is 0 Å². The van der Waals surface area contributed by atoms with E-state index >= 15 is 0 Å². The Hall–Kier alpha value is -3.04. The van der Waals surface area contributed by atoms with Gasteiger partial charge in [0.1, 0.15) is 5.82 Å². The van der Waals surface area contributed by atoms with Crippen molar-refractivity contribution < 1.29 is 27.2 Å². The minimum atomic E-state index is -4.82. The molecule has 0 saturated carbocycles. The maximum atomic E-state index is 13.6. The van der Waals surface area contributed by atoms with Crippen LogP contribution in [-0.2, 0) is 6.18 Å². The van der Waals surface area contributed by atoms with Crippen molar-refractivity contribution in [2.24, 2.45) is 0 Å². The Morgan fingerprint density at radius 2 is 1.59 bits per heavy atom. The van der Waals surface area contributed by atoms with Crippen LogP contribution in [0.2, 0.25) is 5.02 Å². The lowest BCUT2D eigenvalue weighted by Gasteiger charge is -2.16. The second-order valence-corrected chi connectivity index (χ2v) is 7.81. The van der Waals surface area contributed by atoms with E-state index in [9.17, 15) is 27.2 Å². The molecular formula is C22H15ClF4N2O2S. The molecule has 3 aromatic rings. The number of thioether (sulfide) groups is 1. The number of benzene rings is 3. The average molecular weight is 483 g/mol. The van der Waals surface area contributed by atoms with Gasteiger partial charge in [0.25, 0.3) is 11.8 Å². The highest BCUT2D eigenvalue weighted by atomic mass is 35.5. The number of hydrogen-bond donors (Lipinski definition) is 2. The van der Waals surface area contributed by atoms with E-state index < -0.39 is 35.1 Å². The summed E-state index contributed by atoms with van der Waals surface area (Å²) in [4.78, 5) is 25.5. The molecule has 166 valence electrons. The lowest BCUT2D eigenvalue weighted by molar-refractivity contribution is -0.136. The van der Waals surface area contributed by atoms with E-state index in [1.165, 1.54) is 42.1 Å². The maximum absolute atomic E-state index is 13.6. The van der Waals surface area contributed by atoms with E-state index in [1.807, 2.05) is 0 Å². The second kappa shape index (κ2) is 9.62. The van der Waals surface area contributed by atoms with Crippen molar-refractivity contribution in [3.63, 3.8) is 0 Å². The van der Waals surface area contributed by atoms with Gasteiger partial charge in [-0.15, -0.1) is 11.8 Å². The van der Waals surface area contributed by atoms with Gasteiger partial charge in [0.05, 0.1) is 21.8 Å². The summed E-state index contributed by atoms with van der Waals surface area (Å²) in [5, 5.41) is 4.66. The Kier molecular flexibility index (Phi) is 7.10. The van der Waals surface area contributed by atoms with Crippen molar-refractivity contribution >= 4 is 46.6 Å². The minimum absolute atomic E-state index is 0.0281. The highest BCUT2D eigenvalue weighted by Gasteiger charge is 2.34. The predicted molar refractivity (Wildman–Crippen MR) is 117 cm³/mol. The lowest BCUT2D eigenvalue weighted by atomic mass is 10.1. The number of anilines is 2. The van der Waals surface area contributed by atoms with Crippen molar-refractivity contribution in [3.8, 4) is 0 Å². The number of halogens is 5. The highest BCUT2D eigenvalue weighted by molar-refractivity contribution is 7.98. The van der Waals surface area contributed by atoms with E-state index in [0.717, 1.165) is 23.1 Å². The molecule has 0 heterocycles. The van der Waals surface area contributed by atoms with E-state index in [1.54, 1.807) is 12.3 Å². The van der Waals surface area contributed by atoms with Crippen LogP contribution in [0.15, 0.2) is 65.6 Å². The molecule has 0 spiro atoms. The summed E-state index contributed by atoms with van der Waals surface area (Å²) in [5.74, 6) is -2.07. The Morgan fingerprint density at radius 3 is 2.22 bits per heavy atom. The van der Waals surface area contributed by atoms with Crippen LogP contribution in [0, 0.1) is 5.82 Å². The summed E-state index contributed by atoms with van der Waals surface area (Å²) < 4.78 is 53.9. The van der Waals surface area contributed by atoms with Crippen molar-refractivity contribution in [3.05, 3.63) is 88.2 Å². The zero-order valence-corrected chi connectivity index (χ0v) is 18.0. The Balaban J connectivity index is 1.88. The SMILES string of the molecule is CSc1ccc(Cl)c(C(=O)Nc2ccc(NC(=O)c3ccc(F)cc3)cc2C(F)(F)F)c1. The topological polar surface area (TPSA) is 58.2 Å². The molecule has 10 heteroatoms. The molecule has 3 aromatic carbocycles. The number of hydrogen-bond acceptors (Lipinski definition) is 3. The molecule has 0 aliphatic heterocycles. The van der Waals surface area contributed by atoms with E-state index in [0.29, 0.717) is 6.07 Å². The smallest absolute Gasteiger partial charge is 0.322 e. The van der Waals surface area contributed by atoms with Crippen molar-refractivity contribution in [2.75, 3.05) is 16.9 Å². The molecule has 0 atom stereocenters. The highest BCUT2D eigenvalue weighted by Crippen LogP contribution is 2.37. The number of rotatable bonds is 5. The third-order valence-electron chi connectivity index (χ3n) is 4.36. The third kappa shape index (κ3) is 5.60. The minimum Gasteiger partial charge on any atom is -0.322 e. The van der Waals surface area contributed by atoms with Gasteiger partial charge in [-0.3, -0.25) is 9.59 Å². The van der Waals surface area contributed by atoms with Crippen LogP contribution >= 0.6 is 23.4 Å². The van der Waals surface area contributed by atoms with Crippen LogP contribution in [0.4, 0.5) is 28.9 Å². The van der Waals surface area contributed by atoms with Crippen molar-refractivity contribution in [1.29, 1.82) is 0 Å². The molecule has 0 saturated heterocycles. The van der Waals surface area contributed by atoms with Gasteiger partial charge in [0.15, 0.2) is 0 Å². The summed E-state index contributed by atoms with van der Waals surface area (Å²) in [5.41, 5.74) is -1.69. The fourth-order valence-electron chi connectivity index (χ4n) is 2.77. The number of alkyl halides is 3. The molecular weight excluding hydrogens is 468 g/mol. The van der Waals surface area contributed by atoms with Gasteiger partial charge in [-0.05, 0) is 66.9 Å². The molecule has 0 aliphatic carbocycles. The molecule has 32 heavy (non-hydrogen) atoms. The fourth-order valence-corrected chi connectivity index (χ4v) is 3.41. The third-order valence-corrected chi connectivity index (χ3v) is 5.41. The molecule has 0 aromatic heterocycles. The van der Waals surface area contributed by atoms with Gasteiger partial charge in [0.2, 0.25) is 0 Å². The van der Waals surface area contributed by atoms with Crippen molar-refractivity contribution in [2.45, 2.75) is 11.1 Å². The summed E-state index contributed by atoms with van der Waals surface area (Å²) in [6.07, 6.45) is -3.03. The van der Waals surface area contributed by atoms with Gasteiger partial charge in [-0.2, -0.15) is 13.2 Å². The van der Waals surface area contributed by atoms with E-state index in [-0.39, 0.29) is 21.8 Å². The summed E-state index contributed by atoms with van der Waals surface area (Å²) in [6, 6.07) is 12.1. The number of carbonyl (C=O) groups excluding carboxylic acids is 2. The normalized spacial score (nSPS) is 11.2. The molecule has 0 radical (unpaired) electrons. The number of amides is 2. The van der Waals surface area contributed by atoms with Gasteiger partial charge >= 0.3 is 6.18 Å². The first kappa shape index (κ1) is 23.6. The summed E-state index contributed by atoms with van der Waals surface area (Å²) in [6.45, 7) is 0. The zero-order chi connectivity index (χ0) is 23.5. The van der Waals surface area contributed by atoms with E-state index in [2.05, 4.69) is 10.6 Å². The van der Waals surface area contributed by atoms with Gasteiger partial charge in [-0.25, -0.2) is 4.39 Å². The average Bonchev–Trinajstić information content (AvgIpc) is 2.74. The zero-order valence-electron chi connectivity index (χ0n) is 16.4. The first-order valence-electron chi connectivity index (χ1n) is 9.01. The van der Waals surface area contributed by atoms with Crippen LogP contribution in [0.1, 0.15) is 26.3 Å². The van der Waals surface area contributed by atoms with E-state index in [4.69, 9.17) is 11.6 Å². The monoisotopic (exact) mass is 482 g/mol. The first-order chi connectivity index (χ1) is 15.1. The Bertz CT molecular complexity index is 1170. The molecule has 3 rings (SSSR count). The van der Waals surface area contributed by atoms with Crippen LogP contribution in [-0.4, -0.2) is 18.1 Å². The van der Waals surface area contributed by atoms with Crippen LogP contribution < -0.4 is 10.6 Å². The molecule has 0 unspecified atom stereocenters. The molecule has 4 nitrogen and oxygen atoms in total. The quantitative estimate of drug-likeness (QED) is 0.313. The molecule has 0 fully saturated rings.